The van der Waals surface area contributed by atoms with Gasteiger partial charge in [0, 0.05) is 81.4 Å². The van der Waals surface area contributed by atoms with Gasteiger partial charge in [-0.3, -0.25) is 48.6 Å². The molecule has 14 N–H and O–H groups in total. The second kappa shape index (κ2) is 34.2. The van der Waals surface area contributed by atoms with E-state index < -0.39 is 108 Å². The minimum Gasteiger partial charge on any atom is -0.507 e. The number of carbonyl (C=O) groups is 8. The number of amides is 7. The summed E-state index contributed by atoms with van der Waals surface area (Å²) >= 11 is 1.88. The lowest BCUT2D eigenvalue weighted by molar-refractivity contribution is -0.142. The molecule has 0 bridgehead atoms. The van der Waals surface area contributed by atoms with E-state index in [1.54, 1.807) is 37.3 Å². The molecule has 5 rings (SSSR count). The number of imidazole rings is 1. The maximum Gasteiger partial charge on any atom is 0.305 e. The van der Waals surface area contributed by atoms with E-state index in [4.69, 9.17) is 4.74 Å². The Morgan fingerprint density at radius 2 is 1.52 bits per heavy atom. The molecule has 2 fully saturated rings. The van der Waals surface area contributed by atoms with E-state index >= 15 is 4.79 Å². The summed E-state index contributed by atoms with van der Waals surface area (Å²) in [5.74, 6) is -6.29. The lowest BCUT2D eigenvalue weighted by atomic mass is 10.0. The zero-order valence-corrected chi connectivity index (χ0v) is 51.2. The van der Waals surface area contributed by atoms with Gasteiger partial charge in [-0.05, 0) is 97.8 Å². The van der Waals surface area contributed by atoms with Crippen LogP contribution in [0.1, 0.15) is 56.9 Å². The third-order valence-electron chi connectivity index (χ3n) is 13.7. The van der Waals surface area contributed by atoms with Gasteiger partial charge in [0.05, 0.1) is 48.2 Å². The van der Waals surface area contributed by atoms with Crippen molar-refractivity contribution in [1.82, 2.24) is 67.6 Å². The molecule has 0 saturated carbocycles. The number of methoxy groups -OCH3 is 1. The SMILES string of the molecule is CNCCN(CCNC)CC(=O)N[C@@H](Cc1ccc(OC)cc1)[C@H](O)N[C@@H](Cc1cnc[nH]1)C(=O)N[C@H]1CSSC[C@@H](C)NC(=O)[C@H](CC(C)C)NC(=O)[C@H](CC(=O)O)NC(=O)[C@H](Cc2ccc(O)c(I)c2)NC(=O)C2CC(O)CN2C1=O. The first kappa shape index (κ1) is 68.0. The summed E-state index contributed by atoms with van der Waals surface area (Å²) in [7, 11) is 7.58. The number of carboxylic acids is 1. The maximum atomic E-state index is 15.1. The van der Waals surface area contributed by atoms with Crippen molar-refractivity contribution in [2.24, 2.45) is 5.92 Å². The Hall–Kier alpha value is -5.80. The number of fused-ring (bicyclic) bond motifs is 1. The molecule has 7 amide bonds. The highest BCUT2D eigenvalue weighted by molar-refractivity contribution is 14.1. The predicted octanol–water partition coefficient (Wildman–Crippen LogP) is -1.42. The first-order chi connectivity index (χ1) is 39.6. The Morgan fingerprint density at radius 1 is 0.880 bits per heavy atom. The Labute approximate surface area is 504 Å². The molecular weight excluding hydrogens is 1230 g/mol. The molecule has 2 saturated heterocycles. The quantitative estimate of drug-likeness (QED) is 0.0263. The van der Waals surface area contributed by atoms with Crippen LogP contribution in [0.2, 0.25) is 0 Å². The number of phenolic OH excluding ortho intramolecular Hbond substituents is 1. The zero-order valence-electron chi connectivity index (χ0n) is 47.4. The van der Waals surface area contributed by atoms with Gasteiger partial charge < -0.3 is 77.6 Å². The van der Waals surface area contributed by atoms with Crippen LogP contribution < -0.4 is 52.6 Å². The number of aliphatic hydroxyl groups excluding tert-OH is 2. The molecule has 2 aliphatic rings. The number of hydrogen-bond donors (Lipinski definition) is 14. The summed E-state index contributed by atoms with van der Waals surface area (Å²) in [6.45, 7) is 7.37. The Balaban J connectivity index is 1.50. The summed E-state index contributed by atoms with van der Waals surface area (Å²) in [5, 5.41) is 69.2. The van der Waals surface area contributed by atoms with E-state index in [0.29, 0.717) is 46.8 Å². The van der Waals surface area contributed by atoms with Crippen molar-refractivity contribution in [2.75, 3.05) is 72.0 Å². The van der Waals surface area contributed by atoms with Crippen molar-refractivity contribution >= 4 is 91.5 Å². The van der Waals surface area contributed by atoms with Gasteiger partial charge in [0.2, 0.25) is 41.4 Å². The number of nitrogens with one attached hydrogen (secondary N) is 10. The summed E-state index contributed by atoms with van der Waals surface area (Å²) in [6, 6.07) is 1.39. The zero-order chi connectivity index (χ0) is 60.8. The summed E-state index contributed by atoms with van der Waals surface area (Å²) in [5.41, 5.74) is 1.63. The Bertz CT molecular complexity index is 2620. The van der Waals surface area contributed by atoms with Crippen LogP contribution in [-0.4, -0.2) is 220 Å². The second-order valence-corrected chi connectivity index (χ2v) is 24.7. The number of halogens is 1. The van der Waals surface area contributed by atoms with Crippen molar-refractivity contribution in [3.8, 4) is 11.5 Å². The first-order valence-electron chi connectivity index (χ1n) is 27.4. The largest absolute Gasteiger partial charge is 0.507 e. The molecule has 3 aromatic rings. The number of H-pyrrole nitrogens is 1. The second-order valence-electron chi connectivity index (χ2n) is 21.0. The number of ether oxygens (including phenoxy) is 1. The molecule has 26 nitrogen and oxygen atoms in total. The number of hydrogen-bond acceptors (Lipinski definition) is 19. The van der Waals surface area contributed by atoms with Crippen LogP contribution in [-0.2, 0) is 57.6 Å². The standard InChI is InChI=1S/C54H80IN13O13S2/c1-30(2)17-38-48(74)60-31(3)27-82-83-28-43(54(80)68-25-35(69)22-44(68)53(79)65-40(20-33-9-12-45(70)37(55)18-33)50(76)64-42(23-47(72)73)52(78)62-38)66-51(77)41(21-34-24-58-29-59-34)63-49(75)39(19-32-7-10-36(81-6)11-8-32)61-46(71)26-67(15-13-56-4)16-14-57-5/h7-12,18,24,29-31,35,38-44,49,56-57,63,69-70,75H,13-17,19-23,25-28H2,1-6H3,(H,58,59)(H,60,74)(H,61,71)(H,62,78)(H,64,76)(H,65,79)(H,66,77)(H,72,73)/t31-,35?,38+,39+,40+,41+,42+,43+,44?,49+/m1/s1. The van der Waals surface area contributed by atoms with E-state index in [9.17, 15) is 54.0 Å². The van der Waals surface area contributed by atoms with Crippen molar-refractivity contribution in [3.05, 3.63) is 75.4 Å². The van der Waals surface area contributed by atoms with E-state index in [1.807, 2.05) is 55.4 Å². The number of carboxylic acid groups (broad SMARTS) is 1. The third-order valence-corrected chi connectivity index (χ3v) is 17.1. The molecule has 2 unspecified atom stereocenters. The summed E-state index contributed by atoms with van der Waals surface area (Å²) in [6.07, 6.45) is -1.21. The monoisotopic (exact) mass is 1310 g/mol. The maximum absolute atomic E-state index is 15.1. The smallest absolute Gasteiger partial charge is 0.305 e. The van der Waals surface area contributed by atoms with Crippen LogP contribution in [0.5, 0.6) is 11.5 Å². The fourth-order valence-corrected chi connectivity index (χ4v) is 12.3. The van der Waals surface area contributed by atoms with Gasteiger partial charge in [-0.25, -0.2) is 4.98 Å². The number of aliphatic carboxylic acids is 1. The number of aromatic hydroxyl groups is 1. The van der Waals surface area contributed by atoms with Gasteiger partial charge in [-0.15, -0.1) is 0 Å². The number of phenols is 1. The number of rotatable bonds is 25. The average Bonchev–Trinajstić information content (AvgIpc) is 4.33. The molecule has 10 atom stereocenters. The molecule has 458 valence electrons. The highest BCUT2D eigenvalue weighted by Gasteiger charge is 2.44. The molecule has 2 aromatic carbocycles. The molecule has 83 heavy (non-hydrogen) atoms. The van der Waals surface area contributed by atoms with E-state index in [2.05, 4.69) is 57.8 Å². The molecule has 0 spiro atoms. The topological polar surface area (TPSA) is 370 Å². The molecule has 0 aliphatic carbocycles. The van der Waals surface area contributed by atoms with E-state index in [1.165, 1.54) is 53.4 Å². The van der Waals surface area contributed by atoms with Crippen molar-refractivity contribution < 1.29 is 63.5 Å². The number of nitrogens with zero attached hydrogens (tertiary/aromatic N) is 3. The van der Waals surface area contributed by atoms with Gasteiger partial charge in [0.25, 0.3) is 0 Å². The molecule has 29 heteroatoms. The van der Waals surface area contributed by atoms with Crippen LogP contribution in [0.25, 0.3) is 0 Å². The average molecular weight is 1310 g/mol. The minimum atomic E-state index is -1.73. The van der Waals surface area contributed by atoms with Gasteiger partial charge >= 0.3 is 5.97 Å². The van der Waals surface area contributed by atoms with Crippen LogP contribution in [0, 0.1) is 9.49 Å². The van der Waals surface area contributed by atoms with Gasteiger partial charge in [0.15, 0.2) is 0 Å². The fraction of sp³-hybridized carbons (Fsp3) is 0.574. The van der Waals surface area contributed by atoms with Gasteiger partial charge in [-0.1, -0.05) is 53.6 Å². The predicted molar refractivity (Wildman–Crippen MR) is 321 cm³/mol. The van der Waals surface area contributed by atoms with Crippen LogP contribution in [0.4, 0.5) is 0 Å². The molecule has 0 radical (unpaired) electrons. The number of aromatic nitrogens is 2. The lowest BCUT2D eigenvalue weighted by Crippen LogP contribution is -2.61. The van der Waals surface area contributed by atoms with Crippen molar-refractivity contribution in [1.29, 1.82) is 0 Å². The normalized spacial score (nSPS) is 22.6. The number of likely N-dealkylation sites (N-methyl/N-ethyl adjacent to an activating group) is 2. The fourth-order valence-electron chi connectivity index (χ4n) is 9.31. The van der Waals surface area contributed by atoms with Crippen LogP contribution in [0.15, 0.2) is 55.0 Å². The molecule has 1 aromatic heterocycles. The first-order valence-corrected chi connectivity index (χ1v) is 30.9. The highest BCUT2D eigenvalue weighted by atomic mass is 127. The van der Waals surface area contributed by atoms with Crippen molar-refractivity contribution in [3.63, 3.8) is 0 Å². The Morgan fingerprint density at radius 3 is 2.14 bits per heavy atom. The van der Waals surface area contributed by atoms with Crippen molar-refractivity contribution in [2.45, 2.75) is 120 Å². The number of carbonyl (C=O) groups excluding carboxylic acids is 7. The van der Waals surface area contributed by atoms with Crippen LogP contribution in [0.3, 0.4) is 0 Å². The number of aromatic amines is 1. The minimum absolute atomic E-state index is 0.00208. The third kappa shape index (κ3) is 22.3. The number of aliphatic hydroxyl groups is 2. The van der Waals surface area contributed by atoms with Gasteiger partial charge in [-0.2, -0.15) is 0 Å². The molecule has 2 aliphatic heterocycles. The summed E-state index contributed by atoms with van der Waals surface area (Å²) in [4.78, 5) is 123. The summed E-state index contributed by atoms with van der Waals surface area (Å²) < 4.78 is 5.75. The van der Waals surface area contributed by atoms with E-state index in [0.717, 1.165) is 10.5 Å². The Kier molecular flexibility index (Phi) is 28.0. The molecular formula is C54H80IN13O13S2. The van der Waals surface area contributed by atoms with E-state index in [-0.39, 0.29) is 74.3 Å². The van der Waals surface area contributed by atoms with Gasteiger partial charge in [0.1, 0.15) is 47.9 Å². The van der Waals surface area contributed by atoms with Crippen LogP contribution >= 0.6 is 44.2 Å². The number of benzene rings is 2. The lowest BCUT2D eigenvalue weighted by Gasteiger charge is -2.32. The highest BCUT2D eigenvalue weighted by Crippen LogP contribution is 2.27. The molecule has 3 heterocycles.